The Bertz CT molecular complexity index is 402. The first-order chi connectivity index (χ1) is 8.93. The number of benzene rings is 1. The zero-order valence-corrected chi connectivity index (χ0v) is 12.8. The summed E-state index contributed by atoms with van der Waals surface area (Å²) < 4.78 is 0. The lowest BCUT2D eigenvalue weighted by molar-refractivity contribution is 0.0384. The molecule has 0 radical (unpaired) electrons. The molecule has 19 heavy (non-hydrogen) atoms. The lowest BCUT2D eigenvalue weighted by atomic mass is 9.86. The highest BCUT2D eigenvalue weighted by Crippen LogP contribution is 2.35. The van der Waals surface area contributed by atoms with E-state index in [1.54, 1.807) is 0 Å². The Morgan fingerprint density at radius 1 is 1.21 bits per heavy atom. The van der Waals surface area contributed by atoms with Gasteiger partial charge in [-0.1, -0.05) is 31.2 Å². The van der Waals surface area contributed by atoms with Gasteiger partial charge in [-0.15, -0.1) is 0 Å². The van der Waals surface area contributed by atoms with Crippen molar-refractivity contribution in [3.8, 4) is 0 Å². The van der Waals surface area contributed by atoms with Crippen molar-refractivity contribution in [3.63, 3.8) is 0 Å². The highest BCUT2D eigenvalue weighted by molar-refractivity contribution is 5.27. The minimum Gasteiger partial charge on any atom is -0.326 e. The average molecular weight is 260 g/mol. The van der Waals surface area contributed by atoms with Gasteiger partial charge in [0.05, 0.1) is 6.04 Å². The second-order valence-electron chi connectivity index (χ2n) is 6.71. The first-order valence-corrected chi connectivity index (χ1v) is 7.54. The fourth-order valence-electron chi connectivity index (χ4n) is 3.16. The summed E-state index contributed by atoms with van der Waals surface area (Å²) in [6.07, 6.45) is 3.44. The minimum absolute atomic E-state index is 0.173. The molecule has 1 saturated heterocycles. The lowest BCUT2D eigenvalue weighted by Crippen LogP contribution is -2.53. The van der Waals surface area contributed by atoms with Crippen LogP contribution in [-0.4, -0.2) is 23.0 Å². The van der Waals surface area contributed by atoms with Crippen LogP contribution in [0.1, 0.15) is 57.7 Å². The molecule has 0 bridgehead atoms. The molecule has 2 heteroatoms. The molecule has 2 atom stereocenters. The fourth-order valence-corrected chi connectivity index (χ4v) is 3.16. The number of nitrogens with zero attached hydrogens (tertiary/aromatic N) is 1. The Labute approximate surface area is 118 Å². The second-order valence-corrected chi connectivity index (χ2v) is 6.71. The molecule has 0 aliphatic carbocycles. The van der Waals surface area contributed by atoms with Crippen molar-refractivity contribution in [1.29, 1.82) is 0 Å². The zero-order chi connectivity index (χ0) is 14.0. The number of rotatable bonds is 2. The maximum Gasteiger partial charge on any atom is 0.0504 e. The average Bonchev–Trinajstić information content (AvgIpc) is 2.37. The quantitative estimate of drug-likeness (QED) is 0.881. The van der Waals surface area contributed by atoms with Crippen molar-refractivity contribution in [2.75, 3.05) is 6.54 Å². The first kappa shape index (κ1) is 14.5. The minimum atomic E-state index is 0.173. The summed E-state index contributed by atoms with van der Waals surface area (Å²) in [7, 11) is 0. The smallest absolute Gasteiger partial charge is 0.0504 e. The monoisotopic (exact) mass is 260 g/mol. The maximum atomic E-state index is 6.43. The van der Waals surface area contributed by atoms with E-state index in [0.717, 1.165) is 19.4 Å². The number of hydrogen-bond donors (Lipinski definition) is 1. The molecule has 1 aliphatic rings. The molecule has 1 aromatic carbocycles. The Balaban J connectivity index is 2.30. The predicted octanol–water partition coefficient (Wildman–Crippen LogP) is 3.51. The number of hydrogen-bond acceptors (Lipinski definition) is 2. The summed E-state index contributed by atoms with van der Waals surface area (Å²) in [4.78, 5) is 2.57. The van der Waals surface area contributed by atoms with Gasteiger partial charge in [-0.2, -0.15) is 0 Å². The van der Waals surface area contributed by atoms with E-state index < -0.39 is 0 Å². The molecule has 2 unspecified atom stereocenters. The summed E-state index contributed by atoms with van der Waals surface area (Å²) in [5.41, 5.74) is 9.37. The van der Waals surface area contributed by atoms with Crippen molar-refractivity contribution in [2.45, 2.75) is 64.6 Å². The zero-order valence-electron chi connectivity index (χ0n) is 12.8. The van der Waals surface area contributed by atoms with Gasteiger partial charge >= 0.3 is 0 Å². The SMILES string of the molecule is CCc1ccc(C2C(N)CCCN2C(C)(C)C)cc1. The molecule has 1 fully saturated rings. The van der Waals surface area contributed by atoms with Gasteiger partial charge in [0.2, 0.25) is 0 Å². The molecular weight excluding hydrogens is 232 g/mol. The Kier molecular flexibility index (Phi) is 4.32. The highest BCUT2D eigenvalue weighted by Gasteiger charge is 2.36. The van der Waals surface area contributed by atoms with E-state index in [1.807, 2.05) is 0 Å². The van der Waals surface area contributed by atoms with Crippen LogP contribution in [0.15, 0.2) is 24.3 Å². The van der Waals surface area contributed by atoms with E-state index in [4.69, 9.17) is 5.73 Å². The first-order valence-electron chi connectivity index (χ1n) is 7.54. The number of aryl methyl sites for hydroxylation is 1. The molecule has 1 heterocycles. The molecule has 0 aromatic heterocycles. The largest absolute Gasteiger partial charge is 0.326 e. The van der Waals surface area contributed by atoms with Crippen LogP contribution in [-0.2, 0) is 6.42 Å². The summed E-state index contributed by atoms with van der Waals surface area (Å²) in [5, 5.41) is 0. The number of nitrogens with two attached hydrogens (primary N) is 1. The van der Waals surface area contributed by atoms with Crippen LogP contribution in [0, 0.1) is 0 Å². The van der Waals surface area contributed by atoms with Crippen molar-refractivity contribution in [2.24, 2.45) is 5.73 Å². The van der Waals surface area contributed by atoms with Gasteiger partial charge in [0.15, 0.2) is 0 Å². The van der Waals surface area contributed by atoms with Gasteiger partial charge in [0.1, 0.15) is 0 Å². The second kappa shape index (κ2) is 5.64. The molecule has 0 spiro atoms. The van der Waals surface area contributed by atoms with Crippen molar-refractivity contribution >= 4 is 0 Å². The van der Waals surface area contributed by atoms with Crippen LogP contribution >= 0.6 is 0 Å². The molecule has 0 saturated carbocycles. The molecule has 2 nitrogen and oxygen atoms in total. The van der Waals surface area contributed by atoms with Gasteiger partial charge < -0.3 is 5.73 Å². The van der Waals surface area contributed by atoms with Gasteiger partial charge in [-0.05, 0) is 57.7 Å². The topological polar surface area (TPSA) is 29.3 Å². The third-order valence-corrected chi connectivity index (χ3v) is 4.27. The summed E-state index contributed by atoms with van der Waals surface area (Å²) in [6.45, 7) is 10.2. The molecule has 2 N–H and O–H groups in total. The van der Waals surface area contributed by atoms with Crippen molar-refractivity contribution in [3.05, 3.63) is 35.4 Å². The van der Waals surface area contributed by atoms with Crippen LogP contribution in [0.2, 0.25) is 0 Å². The third kappa shape index (κ3) is 3.18. The maximum absolute atomic E-state index is 6.43. The standard InChI is InChI=1S/C17H28N2/c1-5-13-8-10-14(11-9-13)16-15(18)7-6-12-19(16)17(2,3)4/h8-11,15-16H,5-7,12,18H2,1-4H3. The summed E-state index contributed by atoms with van der Waals surface area (Å²) in [5.74, 6) is 0. The molecule has 2 rings (SSSR count). The van der Waals surface area contributed by atoms with Gasteiger partial charge in [-0.25, -0.2) is 0 Å². The van der Waals surface area contributed by atoms with Gasteiger partial charge in [-0.3, -0.25) is 4.90 Å². The van der Waals surface area contributed by atoms with E-state index in [1.165, 1.54) is 17.5 Å². The molecule has 106 valence electrons. The van der Waals surface area contributed by atoms with E-state index in [9.17, 15) is 0 Å². The summed E-state index contributed by atoms with van der Waals surface area (Å²) in [6, 6.07) is 9.65. The Hall–Kier alpha value is -0.860. The van der Waals surface area contributed by atoms with E-state index >= 15 is 0 Å². The number of likely N-dealkylation sites (tertiary alicyclic amines) is 1. The molecule has 1 aromatic rings. The van der Waals surface area contributed by atoms with Crippen LogP contribution in [0.3, 0.4) is 0 Å². The molecule has 0 amide bonds. The van der Waals surface area contributed by atoms with E-state index in [0.29, 0.717) is 6.04 Å². The van der Waals surface area contributed by atoms with Crippen LogP contribution < -0.4 is 5.73 Å². The number of piperidine rings is 1. The van der Waals surface area contributed by atoms with Crippen LogP contribution in [0.5, 0.6) is 0 Å². The van der Waals surface area contributed by atoms with Crippen LogP contribution in [0.25, 0.3) is 0 Å². The van der Waals surface area contributed by atoms with Gasteiger partial charge in [0.25, 0.3) is 0 Å². The predicted molar refractivity (Wildman–Crippen MR) is 82.2 cm³/mol. The third-order valence-electron chi connectivity index (χ3n) is 4.27. The fraction of sp³-hybridized carbons (Fsp3) is 0.647. The lowest BCUT2D eigenvalue weighted by Gasteiger charge is -2.47. The summed E-state index contributed by atoms with van der Waals surface area (Å²) >= 11 is 0. The Morgan fingerprint density at radius 2 is 1.84 bits per heavy atom. The van der Waals surface area contributed by atoms with Gasteiger partial charge in [0, 0.05) is 11.6 Å². The van der Waals surface area contributed by atoms with E-state index in [2.05, 4.69) is 56.9 Å². The van der Waals surface area contributed by atoms with Crippen LogP contribution in [0.4, 0.5) is 0 Å². The highest BCUT2D eigenvalue weighted by atomic mass is 15.2. The van der Waals surface area contributed by atoms with Crippen molar-refractivity contribution in [1.82, 2.24) is 4.90 Å². The normalized spacial score (nSPS) is 25.5. The molecular formula is C17H28N2. The van der Waals surface area contributed by atoms with Crippen molar-refractivity contribution < 1.29 is 0 Å². The Morgan fingerprint density at radius 3 is 2.37 bits per heavy atom. The molecule has 1 aliphatic heterocycles. The van der Waals surface area contributed by atoms with E-state index in [-0.39, 0.29) is 11.6 Å².